The summed E-state index contributed by atoms with van der Waals surface area (Å²) in [6.45, 7) is 2.33. The standard InChI is InChI=1S/C22H26F3N7O3.ClH/c1-32-30-20(29-31-32)18-14-15(21(33)27-9-11-35-13-12-34-10-8-26)2-7-19(18)28-17-5-3-16(4-6-17)22(23,24)25;/h2-7,14,28H,8-13,26H2,1H3,(H,27,33);1H. The summed E-state index contributed by atoms with van der Waals surface area (Å²) in [5.41, 5.74) is 6.30. The first-order chi connectivity index (χ1) is 16.8. The van der Waals surface area contributed by atoms with E-state index in [0.29, 0.717) is 62.0 Å². The summed E-state index contributed by atoms with van der Waals surface area (Å²) < 4.78 is 49.1. The third kappa shape index (κ3) is 8.45. The summed E-state index contributed by atoms with van der Waals surface area (Å²) >= 11 is 0. The van der Waals surface area contributed by atoms with Crippen LogP contribution in [0.15, 0.2) is 42.5 Å². The lowest BCUT2D eigenvalue weighted by atomic mass is 10.1. The van der Waals surface area contributed by atoms with Crippen molar-refractivity contribution < 1.29 is 27.4 Å². The number of amides is 1. The molecule has 0 radical (unpaired) electrons. The van der Waals surface area contributed by atoms with Crippen LogP contribution in [-0.2, 0) is 22.7 Å². The zero-order valence-corrected chi connectivity index (χ0v) is 20.2. The Morgan fingerprint density at radius 2 is 1.75 bits per heavy atom. The Bertz CT molecular complexity index is 1110. The van der Waals surface area contributed by atoms with Crippen LogP contribution in [0.1, 0.15) is 15.9 Å². The maximum Gasteiger partial charge on any atom is 0.416 e. The fourth-order valence-corrected chi connectivity index (χ4v) is 3.01. The number of rotatable bonds is 12. The van der Waals surface area contributed by atoms with E-state index in [2.05, 4.69) is 26.0 Å². The molecule has 1 aromatic heterocycles. The Balaban J connectivity index is 0.00000456. The molecule has 0 saturated carbocycles. The van der Waals surface area contributed by atoms with E-state index in [9.17, 15) is 18.0 Å². The molecule has 3 rings (SSSR count). The van der Waals surface area contributed by atoms with Gasteiger partial charge in [-0.15, -0.1) is 22.6 Å². The third-order valence-electron chi connectivity index (χ3n) is 4.69. The maximum absolute atomic E-state index is 12.8. The molecule has 0 aliphatic heterocycles. The summed E-state index contributed by atoms with van der Waals surface area (Å²) in [5.74, 6) is -0.0865. The Morgan fingerprint density at radius 3 is 2.36 bits per heavy atom. The van der Waals surface area contributed by atoms with Crippen LogP contribution >= 0.6 is 12.4 Å². The van der Waals surface area contributed by atoms with Crippen molar-refractivity contribution in [3.63, 3.8) is 0 Å². The van der Waals surface area contributed by atoms with Gasteiger partial charge >= 0.3 is 6.18 Å². The minimum Gasteiger partial charge on any atom is -0.378 e. The summed E-state index contributed by atoms with van der Waals surface area (Å²) in [5, 5.41) is 17.8. The number of nitrogens with two attached hydrogens (primary N) is 1. The van der Waals surface area contributed by atoms with E-state index < -0.39 is 11.7 Å². The highest BCUT2D eigenvalue weighted by atomic mass is 35.5. The number of carbonyl (C=O) groups excluding carboxylic acids is 1. The first-order valence-corrected chi connectivity index (χ1v) is 10.7. The van der Waals surface area contributed by atoms with Gasteiger partial charge in [-0.1, -0.05) is 0 Å². The lowest BCUT2D eigenvalue weighted by molar-refractivity contribution is -0.137. The first-order valence-electron chi connectivity index (χ1n) is 10.7. The van der Waals surface area contributed by atoms with Gasteiger partial charge in [-0.05, 0) is 47.7 Å². The van der Waals surface area contributed by atoms with Crippen molar-refractivity contribution in [2.75, 3.05) is 44.8 Å². The number of carbonyl (C=O) groups is 1. The number of aromatic nitrogens is 4. The fourth-order valence-electron chi connectivity index (χ4n) is 3.01. The average Bonchev–Trinajstić information content (AvgIpc) is 3.26. The van der Waals surface area contributed by atoms with Gasteiger partial charge < -0.3 is 25.8 Å². The van der Waals surface area contributed by atoms with Gasteiger partial charge in [0, 0.05) is 35.6 Å². The molecule has 0 bridgehead atoms. The minimum absolute atomic E-state index is 0. The quantitative estimate of drug-likeness (QED) is 0.305. The normalized spacial score (nSPS) is 11.1. The third-order valence-corrected chi connectivity index (χ3v) is 4.69. The second kappa shape index (κ2) is 13.7. The number of ether oxygens (including phenoxy) is 2. The molecule has 0 fully saturated rings. The van der Waals surface area contributed by atoms with Gasteiger partial charge in [-0.25, -0.2) is 0 Å². The largest absolute Gasteiger partial charge is 0.416 e. The van der Waals surface area contributed by atoms with Gasteiger partial charge in [0.2, 0.25) is 5.82 Å². The van der Waals surface area contributed by atoms with Crippen LogP contribution in [0, 0.1) is 0 Å². The van der Waals surface area contributed by atoms with Gasteiger partial charge in [0.05, 0.1) is 39.0 Å². The predicted molar refractivity (Wildman–Crippen MR) is 129 cm³/mol. The maximum atomic E-state index is 12.8. The molecule has 0 saturated heterocycles. The van der Waals surface area contributed by atoms with Gasteiger partial charge in [-0.2, -0.15) is 18.0 Å². The SMILES string of the molecule is Cl.Cn1nnc(-c2cc(C(=O)NCCOCCOCCN)ccc2Nc2ccc(C(F)(F)F)cc2)n1. The van der Waals surface area contributed by atoms with E-state index in [0.717, 1.165) is 12.1 Å². The molecule has 10 nitrogen and oxygen atoms in total. The Kier molecular flexibility index (Phi) is 11.0. The van der Waals surface area contributed by atoms with Gasteiger partial charge in [0.1, 0.15) is 0 Å². The number of hydrogen-bond acceptors (Lipinski definition) is 8. The average molecular weight is 530 g/mol. The molecule has 0 aliphatic carbocycles. The van der Waals surface area contributed by atoms with E-state index in [4.69, 9.17) is 15.2 Å². The highest BCUT2D eigenvalue weighted by Crippen LogP contribution is 2.32. The van der Waals surface area contributed by atoms with Gasteiger partial charge in [0.25, 0.3) is 5.91 Å². The molecule has 0 aliphatic rings. The monoisotopic (exact) mass is 529 g/mol. The van der Waals surface area contributed by atoms with E-state index in [1.807, 2.05) is 0 Å². The Morgan fingerprint density at radius 1 is 1.06 bits per heavy atom. The zero-order valence-electron chi connectivity index (χ0n) is 19.4. The van der Waals surface area contributed by atoms with E-state index >= 15 is 0 Å². The highest BCUT2D eigenvalue weighted by molar-refractivity contribution is 5.97. The van der Waals surface area contributed by atoms with Crippen molar-refractivity contribution in [3.05, 3.63) is 53.6 Å². The molecule has 14 heteroatoms. The molecule has 36 heavy (non-hydrogen) atoms. The van der Waals surface area contributed by atoms with E-state index in [1.54, 1.807) is 25.2 Å². The zero-order chi connectivity index (χ0) is 25.3. The number of hydrogen-bond donors (Lipinski definition) is 3. The molecule has 1 heterocycles. The molecular formula is C22H27ClF3N7O3. The number of tetrazole rings is 1. The summed E-state index contributed by atoms with van der Waals surface area (Å²) in [6.07, 6.45) is -4.43. The van der Waals surface area contributed by atoms with Crippen molar-refractivity contribution in [2.45, 2.75) is 6.18 Å². The molecule has 0 atom stereocenters. The molecule has 3 aromatic rings. The van der Waals surface area contributed by atoms with E-state index in [-0.39, 0.29) is 24.1 Å². The van der Waals surface area contributed by atoms with Gasteiger partial charge in [0.15, 0.2) is 0 Å². The van der Waals surface area contributed by atoms with Crippen LogP contribution in [-0.4, -0.2) is 65.6 Å². The number of nitrogens with one attached hydrogen (secondary N) is 2. The Hall–Kier alpha value is -3.26. The van der Waals surface area contributed by atoms with Crippen LogP contribution in [0.2, 0.25) is 0 Å². The fraction of sp³-hybridized carbons (Fsp3) is 0.364. The Labute approximate surface area is 211 Å². The molecule has 1 amide bonds. The molecule has 2 aromatic carbocycles. The van der Waals surface area contributed by atoms with E-state index in [1.165, 1.54) is 16.9 Å². The second-order valence-electron chi connectivity index (χ2n) is 7.33. The highest BCUT2D eigenvalue weighted by Gasteiger charge is 2.30. The number of aryl methyl sites for hydroxylation is 1. The van der Waals surface area contributed by atoms with Crippen LogP contribution in [0.25, 0.3) is 11.4 Å². The number of benzene rings is 2. The van der Waals surface area contributed by atoms with Gasteiger partial charge in [-0.3, -0.25) is 4.79 Å². The predicted octanol–water partition coefficient (Wildman–Crippen LogP) is 2.78. The van der Waals surface area contributed by atoms with Crippen molar-refractivity contribution in [1.82, 2.24) is 25.5 Å². The van der Waals surface area contributed by atoms with Crippen LogP contribution in [0.5, 0.6) is 0 Å². The van der Waals surface area contributed by atoms with Crippen molar-refractivity contribution >= 4 is 29.7 Å². The van der Waals surface area contributed by atoms with Crippen LogP contribution in [0.3, 0.4) is 0 Å². The lowest BCUT2D eigenvalue weighted by Gasteiger charge is -2.13. The van der Waals surface area contributed by atoms with Crippen molar-refractivity contribution in [1.29, 1.82) is 0 Å². The summed E-state index contributed by atoms with van der Waals surface area (Å²) in [6, 6.07) is 9.40. The van der Waals surface area contributed by atoms with Crippen molar-refractivity contribution in [3.8, 4) is 11.4 Å². The summed E-state index contributed by atoms with van der Waals surface area (Å²) in [7, 11) is 1.59. The number of nitrogens with zero attached hydrogens (tertiary/aromatic N) is 4. The van der Waals surface area contributed by atoms with Crippen molar-refractivity contribution in [2.24, 2.45) is 12.8 Å². The topological polar surface area (TPSA) is 129 Å². The molecule has 0 unspecified atom stereocenters. The molecule has 0 spiro atoms. The molecular weight excluding hydrogens is 503 g/mol. The lowest BCUT2D eigenvalue weighted by Crippen LogP contribution is -2.27. The minimum atomic E-state index is -4.43. The summed E-state index contributed by atoms with van der Waals surface area (Å²) in [4.78, 5) is 13.9. The van der Waals surface area contributed by atoms with Crippen LogP contribution < -0.4 is 16.4 Å². The molecule has 4 N–H and O–H groups in total. The smallest absolute Gasteiger partial charge is 0.378 e. The van der Waals surface area contributed by atoms with Crippen LogP contribution in [0.4, 0.5) is 24.5 Å². The number of alkyl halides is 3. The first kappa shape index (κ1) is 29.0. The molecule has 196 valence electrons. The second-order valence-corrected chi connectivity index (χ2v) is 7.33. The number of halogens is 4. The number of anilines is 2.